The third kappa shape index (κ3) is 4.41. The number of urea groups is 1. The molecule has 1 aliphatic carbocycles. The first-order valence-corrected chi connectivity index (χ1v) is 11.7. The lowest BCUT2D eigenvalue weighted by Crippen LogP contribution is -2.34. The molecule has 178 valence electrons. The van der Waals surface area contributed by atoms with Crippen molar-refractivity contribution in [2.24, 2.45) is 0 Å². The number of aryl methyl sites for hydroxylation is 1. The predicted molar refractivity (Wildman–Crippen MR) is 128 cm³/mol. The van der Waals surface area contributed by atoms with E-state index in [0.717, 1.165) is 18.4 Å². The van der Waals surface area contributed by atoms with Gasteiger partial charge in [0.05, 0.1) is 28.6 Å². The van der Waals surface area contributed by atoms with Gasteiger partial charge in [-0.25, -0.2) is 9.31 Å². The summed E-state index contributed by atoms with van der Waals surface area (Å²) in [6.07, 6.45) is 5.35. The van der Waals surface area contributed by atoms with Gasteiger partial charge in [0.25, 0.3) is 5.91 Å². The zero-order chi connectivity index (χ0) is 24.0. The molecule has 0 radical (unpaired) electrons. The number of fused-ring (bicyclic) bond motifs is 1. The maximum atomic E-state index is 13.2. The molecular weight excluding hydrogens is 458 g/mol. The highest BCUT2D eigenvalue weighted by Crippen LogP contribution is 2.34. The number of likely N-dealkylation sites (tertiary alicyclic amines) is 1. The number of anilines is 1. The molecule has 3 N–H and O–H groups in total. The summed E-state index contributed by atoms with van der Waals surface area (Å²) in [7, 11) is 0. The minimum Gasteiger partial charge on any atom is -0.455 e. The molecule has 0 bridgehead atoms. The van der Waals surface area contributed by atoms with E-state index >= 15 is 0 Å². The van der Waals surface area contributed by atoms with Gasteiger partial charge in [-0.2, -0.15) is 5.10 Å². The summed E-state index contributed by atoms with van der Waals surface area (Å²) in [6.45, 7) is 4.11. The number of aliphatic hydroxyl groups excluding tert-OH is 1. The SMILES string of the molecule is Cc1c(C(=O)N2C[C@H](O)CC2C)cn2nccc(Oc3ccc(NC(=O)NC4CC4)c(Cl)c3)c12. The fraction of sp³-hybridized carbons (Fsp3) is 0.375. The number of carbonyl (C=O) groups excluding carboxylic acids is 2. The molecule has 2 aliphatic rings. The van der Waals surface area contributed by atoms with E-state index in [2.05, 4.69) is 15.7 Å². The molecule has 1 unspecified atom stereocenters. The van der Waals surface area contributed by atoms with E-state index in [9.17, 15) is 14.7 Å². The second kappa shape index (κ2) is 8.81. The number of carbonyl (C=O) groups is 2. The Bertz CT molecular complexity index is 1270. The van der Waals surface area contributed by atoms with Crippen LogP contribution in [0.25, 0.3) is 5.52 Å². The molecule has 3 heterocycles. The Morgan fingerprint density at radius 3 is 2.74 bits per heavy atom. The van der Waals surface area contributed by atoms with Crippen molar-refractivity contribution in [2.45, 2.75) is 51.3 Å². The zero-order valence-electron chi connectivity index (χ0n) is 18.9. The van der Waals surface area contributed by atoms with E-state index < -0.39 is 6.10 Å². The first-order chi connectivity index (χ1) is 16.3. The van der Waals surface area contributed by atoms with Crippen LogP contribution in [0, 0.1) is 6.92 Å². The summed E-state index contributed by atoms with van der Waals surface area (Å²) in [6, 6.07) is 6.68. The summed E-state index contributed by atoms with van der Waals surface area (Å²) in [4.78, 5) is 26.9. The van der Waals surface area contributed by atoms with Crippen LogP contribution in [0.15, 0.2) is 36.7 Å². The summed E-state index contributed by atoms with van der Waals surface area (Å²) in [5, 5.41) is 20.2. The van der Waals surface area contributed by atoms with E-state index in [0.29, 0.717) is 46.3 Å². The first kappa shape index (κ1) is 22.5. The van der Waals surface area contributed by atoms with Crippen LogP contribution in [0.2, 0.25) is 5.02 Å². The van der Waals surface area contributed by atoms with Crippen molar-refractivity contribution in [1.29, 1.82) is 0 Å². The van der Waals surface area contributed by atoms with Gasteiger partial charge in [-0.15, -0.1) is 0 Å². The van der Waals surface area contributed by atoms with Crippen LogP contribution >= 0.6 is 11.6 Å². The Hall–Kier alpha value is -3.30. The average molecular weight is 484 g/mol. The highest BCUT2D eigenvalue weighted by molar-refractivity contribution is 6.33. The zero-order valence-corrected chi connectivity index (χ0v) is 19.7. The number of hydrogen-bond acceptors (Lipinski definition) is 5. The summed E-state index contributed by atoms with van der Waals surface area (Å²) >= 11 is 6.37. The quantitative estimate of drug-likeness (QED) is 0.509. The fourth-order valence-corrected chi connectivity index (χ4v) is 4.54. The number of aromatic nitrogens is 2. The summed E-state index contributed by atoms with van der Waals surface area (Å²) in [5.41, 5.74) is 2.41. The molecule has 0 spiro atoms. The van der Waals surface area contributed by atoms with Crippen LogP contribution in [-0.4, -0.2) is 56.3 Å². The van der Waals surface area contributed by atoms with Gasteiger partial charge in [-0.05, 0) is 50.8 Å². The highest BCUT2D eigenvalue weighted by Gasteiger charge is 2.33. The van der Waals surface area contributed by atoms with Gasteiger partial charge in [0.1, 0.15) is 11.3 Å². The molecule has 1 aliphatic heterocycles. The molecule has 3 amide bonds. The van der Waals surface area contributed by atoms with Crippen LogP contribution in [0.5, 0.6) is 11.5 Å². The van der Waals surface area contributed by atoms with Crippen molar-refractivity contribution in [3.05, 3.63) is 52.8 Å². The second-order valence-electron chi connectivity index (χ2n) is 8.97. The molecule has 3 aromatic rings. The minimum absolute atomic E-state index is 0.0331. The number of halogens is 1. The number of nitrogens with zero attached hydrogens (tertiary/aromatic N) is 3. The van der Waals surface area contributed by atoms with Crippen molar-refractivity contribution in [3.63, 3.8) is 0 Å². The maximum Gasteiger partial charge on any atom is 0.319 e. The highest BCUT2D eigenvalue weighted by atomic mass is 35.5. The van der Waals surface area contributed by atoms with Crippen molar-refractivity contribution >= 4 is 34.7 Å². The van der Waals surface area contributed by atoms with Crippen LogP contribution < -0.4 is 15.4 Å². The van der Waals surface area contributed by atoms with Gasteiger partial charge in [0, 0.05) is 37.0 Å². The number of ether oxygens (including phenoxy) is 1. The van der Waals surface area contributed by atoms with Gasteiger partial charge >= 0.3 is 6.03 Å². The lowest BCUT2D eigenvalue weighted by Gasteiger charge is -2.20. The van der Waals surface area contributed by atoms with Crippen LogP contribution in [0.1, 0.15) is 42.1 Å². The Kier molecular flexibility index (Phi) is 5.83. The largest absolute Gasteiger partial charge is 0.455 e. The fourth-order valence-electron chi connectivity index (χ4n) is 4.32. The van der Waals surface area contributed by atoms with Crippen LogP contribution in [0.3, 0.4) is 0 Å². The Labute approximate surface area is 201 Å². The van der Waals surface area contributed by atoms with E-state index in [4.69, 9.17) is 16.3 Å². The van der Waals surface area contributed by atoms with Crippen LogP contribution in [-0.2, 0) is 0 Å². The number of benzene rings is 1. The lowest BCUT2D eigenvalue weighted by atomic mass is 10.1. The summed E-state index contributed by atoms with van der Waals surface area (Å²) < 4.78 is 7.73. The Morgan fingerprint density at radius 1 is 1.26 bits per heavy atom. The third-order valence-corrected chi connectivity index (χ3v) is 6.58. The average Bonchev–Trinajstić information content (AvgIpc) is 3.44. The molecule has 1 saturated heterocycles. The van der Waals surface area contributed by atoms with E-state index in [-0.39, 0.29) is 24.0 Å². The number of amides is 3. The van der Waals surface area contributed by atoms with Gasteiger partial charge in [0.2, 0.25) is 0 Å². The number of hydrogen-bond donors (Lipinski definition) is 3. The first-order valence-electron chi connectivity index (χ1n) is 11.3. The van der Waals surface area contributed by atoms with Crippen molar-refractivity contribution in [3.8, 4) is 11.5 Å². The van der Waals surface area contributed by atoms with Gasteiger partial charge in [-0.3, -0.25) is 4.79 Å². The van der Waals surface area contributed by atoms with Gasteiger partial charge in [0.15, 0.2) is 5.75 Å². The molecule has 2 fully saturated rings. The van der Waals surface area contributed by atoms with Gasteiger partial charge in [-0.1, -0.05) is 11.6 Å². The van der Waals surface area contributed by atoms with Gasteiger partial charge < -0.3 is 25.4 Å². The standard InChI is InChI=1S/C24H26ClN5O4/c1-13-9-16(31)11-29(13)23(32)18-12-30-22(14(18)2)21(7-8-26-30)34-17-5-6-20(19(25)10-17)28-24(33)27-15-3-4-15/h5-8,10,12-13,15-16,31H,3-4,9,11H2,1-2H3,(H2,27,28,33)/t13?,16-/m1/s1. The van der Waals surface area contributed by atoms with Crippen molar-refractivity contribution < 1.29 is 19.4 Å². The second-order valence-corrected chi connectivity index (χ2v) is 9.38. The monoisotopic (exact) mass is 483 g/mol. The molecule has 5 rings (SSSR count). The Balaban J connectivity index is 1.38. The molecular formula is C24H26ClN5O4. The van der Waals surface area contributed by atoms with E-state index in [1.165, 1.54) is 0 Å². The maximum absolute atomic E-state index is 13.2. The molecule has 10 heteroatoms. The van der Waals surface area contributed by atoms with E-state index in [1.807, 2.05) is 13.8 Å². The van der Waals surface area contributed by atoms with E-state index in [1.54, 1.807) is 46.1 Å². The van der Waals surface area contributed by atoms with Crippen molar-refractivity contribution in [2.75, 3.05) is 11.9 Å². The number of aliphatic hydroxyl groups is 1. The molecule has 1 saturated carbocycles. The Morgan fingerprint density at radius 2 is 2.06 bits per heavy atom. The predicted octanol–water partition coefficient (Wildman–Crippen LogP) is 3.97. The molecule has 2 aromatic heterocycles. The minimum atomic E-state index is -0.504. The number of β-amino-alcohol motifs (C(OH)–C–C–N with tert-alkyl or cyclic N) is 1. The lowest BCUT2D eigenvalue weighted by molar-refractivity contribution is 0.0725. The number of nitrogens with one attached hydrogen (secondary N) is 2. The molecule has 2 atom stereocenters. The third-order valence-electron chi connectivity index (χ3n) is 6.26. The van der Waals surface area contributed by atoms with Crippen molar-refractivity contribution in [1.82, 2.24) is 19.8 Å². The number of rotatable bonds is 5. The molecule has 9 nitrogen and oxygen atoms in total. The molecule has 34 heavy (non-hydrogen) atoms. The topological polar surface area (TPSA) is 108 Å². The smallest absolute Gasteiger partial charge is 0.319 e. The normalized spacial score (nSPS) is 19.9. The van der Waals surface area contributed by atoms with Crippen LogP contribution in [0.4, 0.5) is 10.5 Å². The molecule has 1 aromatic carbocycles. The summed E-state index contributed by atoms with van der Waals surface area (Å²) in [5.74, 6) is 0.862.